The van der Waals surface area contributed by atoms with Crippen molar-refractivity contribution in [1.29, 1.82) is 0 Å². The van der Waals surface area contributed by atoms with Crippen molar-refractivity contribution < 1.29 is 23.3 Å². The molecule has 2 aromatic carbocycles. The lowest BCUT2D eigenvalue weighted by Crippen LogP contribution is -2.47. The van der Waals surface area contributed by atoms with Crippen molar-refractivity contribution in [3.05, 3.63) is 47.5 Å². The van der Waals surface area contributed by atoms with Crippen LogP contribution in [0.2, 0.25) is 5.02 Å². The van der Waals surface area contributed by atoms with E-state index in [1.165, 1.54) is 18.5 Å². The minimum atomic E-state index is -0.479. The second kappa shape index (κ2) is 8.74. The lowest BCUT2D eigenvalue weighted by atomic mass is 9.99. The molecule has 1 aromatic heterocycles. The fraction of sp³-hybridized carbons (Fsp3) is 0.440. The van der Waals surface area contributed by atoms with Crippen LogP contribution in [0.1, 0.15) is 25.7 Å². The minimum absolute atomic E-state index is 0.0313. The highest BCUT2D eigenvalue weighted by atomic mass is 35.5. The SMILES string of the molecule is COc1cc2ncnc(Nc3ccc(F)c(Cl)c3)c2cc1OCCC1CC12NCOC21CCCO1. The third-order valence-electron chi connectivity index (χ3n) is 7.29. The Kier molecular flexibility index (Phi) is 5.68. The molecule has 3 heterocycles. The quantitative estimate of drug-likeness (QED) is 0.479. The first-order valence-corrected chi connectivity index (χ1v) is 12.1. The van der Waals surface area contributed by atoms with Crippen LogP contribution in [0.4, 0.5) is 15.9 Å². The fourth-order valence-electron chi connectivity index (χ4n) is 5.44. The molecule has 6 rings (SSSR count). The molecule has 35 heavy (non-hydrogen) atoms. The van der Waals surface area contributed by atoms with Gasteiger partial charge in [0, 0.05) is 23.6 Å². The maximum absolute atomic E-state index is 13.6. The number of halogens is 2. The molecule has 10 heteroatoms. The van der Waals surface area contributed by atoms with Crippen LogP contribution < -0.4 is 20.1 Å². The van der Waals surface area contributed by atoms with E-state index in [1.54, 1.807) is 13.2 Å². The average molecular weight is 501 g/mol. The Bertz CT molecular complexity index is 1270. The van der Waals surface area contributed by atoms with Gasteiger partial charge in [-0.15, -0.1) is 0 Å². The first-order chi connectivity index (χ1) is 17.0. The monoisotopic (exact) mass is 500 g/mol. The predicted octanol–water partition coefficient (Wildman–Crippen LogP) is 4.79. The molecule has 8 nitrogen and oxygen atoms in total. The summed E-state index contributed by atoms with van der Waals surface area (Å²) < 4.78 is 37.3. The number of nitrogens with zero attached hydrogens (tertiary/aromatic N) is 2. The highest BCUT2D eigenvalue weighted by molar-refractivity contribution is 6.31. The summed E-state index contributed by atoms with van der Waals surface area (Å²) in [6.45, 7) is 1.81. The Balaban J connectivity index is 1.19. The van der Waals surface area contributed by atoms with E-state index in [4.69, 9.17) is 30.5 Å². The molecule has 3 unspecified atom stereocenters. The number of aromatic nitrogens is 2. The van der Waals surface area contributed by atoms with Gasteiger partial charge in [0.1, 0.15) is 24.7 Å². The van der Waals surface area contributed by atoms with Gasteiger partial charge in [-0.1, -0.05) is 11.6 Å². The van der Waals surface area contributed by atoms with E-state index in [0.29, 0.717) is 47.8 Å². The van der Waals surface area contributed by atoms with Crippen LogP contribution in [0.3, 0.4) is 0 Å². The first kappa shape index (κ1) is 22.7. The molecule has 3 aromatic rings. The number of hydrogen-bond acceptors (Lipinski definition) is 8. The summed E-state index contributed by atoms with van der Waals surface area (Å²) in [6, 6.07) is 8.10. The summed E-state index contributed by atoms with van der Waals surface area (Å²) in [5.41, 5.74) is 1.21. The van der Waals surface area contributed by atoms with Crippen LogP contribution >= 0.6 is 11.6 Å². The van der Waals surface area contributed by atoms with Crippen LogP contribution in [0, 0.1) is 11.7 Å². The number of methoxy groups -OCH3 is 1. The zero-order valence-electron chi connectivity index (χ0n) is 19.3. The van der Waals surface area contributed by atoms with E-state index in [-0.39, 0.29) is 10.6 Å². The van der Waals surface area contributed by atoms with E-state index in [9.17, 15) is 4.39 Å². The van der Waals surface area contributed by atoms with Gasteiger partial charge in [0.25, 0.3) is 0 Å². The molecule has 2 aliphatic heterocycles. The highest BCUT2D eigenvalue weighted by Crippen LogP contribution is 2.59. The summed E-state index contributed by atoms with van der Waals surface area (Å²) in [4.78, 5) is 8.73. The van der Waals surface area contributed by atoms with Crippen molar-refractivity contribution >= 4 is 34.0 Å². The van der Waals surface area contributed by atoms with Crippen molar-refractivity contribution in [3.63, 3.8) is 0 Å². The van der Waals surface area contributed by atoms with Crippen LogP contribution in [-0.2, 0) is 9.47 Å². The molecule has 1 saturated carbocycles. The third kappa shape index (κ3) is 3.87. The Hall–Kier alpha value is -2.72. The maximum atomic E-state index is 13.6. The van der Waals surface area contributed by atoms with Gasteiger partial charge >= 0.3 is 0 Å². The molecule has 2 saturated heterocycles. The van der Waals surface area contributed by atoms with Crippen molar-refractivity contribution in [2.24, 2.45) is 5.92 Å². The molecule has 0 bridgehead atoms. The minimum Gasteiger partial charge on any atom is -0.493 e. The summed E-state index contributed by atoms with van der Waals surface area (Å²) in [7, 11) is 1.60. The standard InChI is InChI=1S/C25H26ClFN4O4/c1-32-21-11-20-17(23(29-13-28-20)31-16-3-4-19(27)18(26)9-16)10-22(21)33-8-5-15-12-24(15)25(35-14-30-24)6-2-7-34-25/h3-4,9-11,13,15,30H,2,5-8,12,14H2,1H3,(H,28,29,31). The van der Waals surface area contributed by atoms with Crippen molar-refractivity contribution in [2.75, 3.05) is 32.4 Å². The number of fused-ring (bicyclic) bond motifs is 2. The number of anilines is 2. The van der Waals surface area contributed by atoms with Crippen molar-refractivity contribution in [1.82, 2.24) is 15.3 Å². The fourth-order valence-corrected chi connectivity index (χ4v) is 5.62. The number of benzene rings is 2. The lowest BCUT2D eigenvalue weighted by molar-refractivity contribution is -0.194. The number of rotatable bonds is 7. The van der Waals surface area contributed by atoms with Crippen LogP contribution in [0.15, 0.2) is 36.7 Å². The third-order valence-corrected chi connectivity index (χ3v) is 7.58. The van der Waals surface area contributed by atoms with Gasteiger partial charge in [-0.05, 0) is 49.4 Å². The van der Waals surface area contributed by atoms with Crippen molar-refractivity contribution in [2.45, 2.75) is 37.0 Å². The summed E-state index contributed by atoms with van der Waals surface area (Å²) in [5, 5.41) is 7.51. The van der Waals surface area contributed by atoms with Crippen LogP contribution in [0.5, 0.6) is 11.5 Å². The first-order valence-electron chi connectivity index (χ1n) is 11.7. The molecule has 0 amide bonds. The van der Waals surface area contributed by atoms with Gasteiger partial charge in [-0.25, -0.2) is 14.4 Å². The molecule has 1 aliphatic carbocycles. The molecule has 2 spiro atoms. The van der Waals surface area contributed by atoms with Gasteiger partial charge in [0.2, 0.25) is 0 Å². The molecule has 184 valence electrons. The molecule has 3 atom stereocenters. The zero-order chi connectivity index (χ0) is 24.0. The number of ether oxygens (including phenoxy) is 4. The van der Waals surface area contributed by atoms with Gasteiger partial charge in [0.15, 0.2) is 17.3 Å². The molecular formula is C25H26ClFN4O4. The maximum Gasteiger partial charge on any atom is 0.188 e. The Labute approximate surface area is 207 Å². The normalized spacial score (nSPS) is 27.1. The summed E-state index contributed by atoms with van der Waals surface area (Å²) in [6.07, 6.45) is 5.31. The van der Waals surface area contributed by atoms with Gasteiger partial charge in [-0.3, -0.25) is 5.32 Å². The van der Waals surface area contributed by atoms with Gasteiger partial charge in [-0.2, -0.15) is 0 Å². The van der Waals surface area contributed by atoms with Gasteiger partial charge < -0.3 is 24.3 Å². The smallest absolute Gasteiger partial charge is 0.188 e. The number of hydrogen-bond donors (Lipinski definition) is 2. The van der Waals surface area contributed by atoms with Gasteiger partial charge in [0.05, 0.1) is 36.4 Å². The summed E-state index contributed by atoms with van der Waals surface area (Å²) in [5.74, 6) is 1.23. The van der Waals surface area contributed by atoms with E-state index >= 15 is 0 Å². The largest absolute Gasteiger partial charge is 0.493 e. The molecular weight excluding hydrogens is 475 g/mol. The summed E-state index contributed by atoms with van der Waals surface area (Å²) >= 11 is 5.93. The molecule has 3 fully saturated rings. The average Bonchev–Trinajstić information content (AvgIpc) is 3.19. The number of nitrogens with one attached hydrogen (secondary N) is 2. The van der Waals surface area contributed by atoms with E-state index in [0.717, 1.165) is 37.7 Å². The van der Waals surface area contributed by atoms with E-state index in [2.05, 4.69) is 20.6 Å². The Morgan fingerprint density at radius 1 is 1.23 bits per heavy atom. The Morgan fingerprint density at radius 2 is 2.14 bits per heavy atom. The van der Waals surface area contributed by atoms with E-state index < -0.39 is 11.6 Å². The van der Waals surface area contributed by atoms with Crippen molar-refractivity contribution in [3.8, 4) is 11.5 Å². The zero-order valence-corrected chi connectivity index (χ0v) is 20.0. The molecule has 2 N–H and O–H groups in total. The van der Waals surface area contributed by atoms with Crippen LogP contribution in [-0.4, -0.2) is 48.3 Å². The Morgan fingerprint density at radius 3 is 2.94 bits per heavy atom. The second-order valence-electron chi connectivity index (χ2n) is 9.18. The van der Waals surface area contributed by atoms with Crippen LogP contribution in [0.25, 0.3) is 10.9 Å². The lowest BCUT2D eigenvalue weighted by Gasteiger charge is -2.29. The molecule has 0 radical (unpaired) electrons. The molecule has 3 aliphatic rings. The second-order valence-corrected chi connectivity index (χ2v) is 9.58. The van der Waals surface area contributed by atoms with E-state index in [1.807, 2.05) is 12.1 Å². The predicted molar refractivity (Wildman–Crippen MR) is 129 cm³/mol. The highest BCUT2D eigenvalue weighted by Gasteiger charge is 2.71. The topological polar surface area (TPSA) is 86.8 Å².